The third kappa shape index (κ3) is 3.42. The Balaban J connectivity index is 2.12. The fourth-order valence-corrected chi connectivity index (χ4v) is 2.54. The van der Waals surface area contributed by atoms with Crippen molar-refractivity contribution in [2.45, 2.75) is 39.8 Å². The smallest absolute Gasteiger partial charge is 0.141 e. The molecule has 2 unspecified atom stereocenters. The second-order valence-electron chi connectivity index (χ2n) is 5.41. The molecule has 0 aliphatic heterocycles. The van der Waals surface area contributed by atoms with Crippen LogP contribution in [-0.2, 0) is 0 Å². The van der Waals surface area contributed by atoms with E-state index in [0.717, 1.165) is 5.56 Å². The second-order valence-corrected chi connectivity index (χ2v) is 5.41. The fraction of sp³-hybridized carbons (Fsp3) is 0.353. The van der Waals surface area contributed by atoms with E-state index in [1.807, 2.05) is 6.92 Å². The minimum atomic E-state index is -0.296. The molecule has 106 valence electrons. The number of aryl methyl sites for hydroxylation is 2. The summed E-state index contributed by atoms with van der Waals surface area (Å²) in [4.78, 5) is 3.90. The van der Waals surface area contributed by atoms with E-state index >= 15 is 0 Å². The lowest BCUT2D eigenvalue weighted by molar-refractivity contribution is 0.489. The molecule has 1 aromatic carbocycles. The summed E-state index contributed by atoms with van der Waals surface area (Å²) in [5, 5.41) is 3.49. The van der Waals surface area contributed by atoms with Crippen LogP contribution in [-0.4, -0.2) is 4.98 Å². The lowest BCUT2D eigenvalue weighted by Crippen LogP contribution is -2.23. The van der Waals surface area contributed by atoms with Crippen LogP contribution in [0.2, 0.25) is 0 Å². The van der Waals surface area contributed by atoms with Gasteiger partial charge in [0.2, 0.25) is 0 Å². The maximum absolute atomic E-state index is 13.2. The standard InChI is InChI=1S/C17H21FN2/c1-11-5-6-17(12(2)7-11)14(4)20-13(3)15-8-16(18)10-19-9-15/h5-10,13-14,20H,1-4H3. The first-order chi connectivity index (χ1) is 9.47. The molecule has 1 aromatic heterocycles. The van der Waals surface area contributed by atoms with Crippen LogP contribution in [0, 0.1) is 19.7 Å². The average molecular weight is 272 g/mol. The van der Waals surface area contributed by atoms with E-state index < -0.39 is 0 Å². The minimum absolute atomic E-state index is 0.0499. The minimum Gasteiger partial charge on any atom is -0.304 e. The first-order valence-corrected chi connectivity index (χ1v) is 6.91. The van der Waals surface area contributed by atoms with Crippen molar-refractivity contribution < 1.29 is 4.39 Å². The predicted molar refractivity (Wildman–Crippen MR) is 80.1 cm³/mol. The normalized spacial score (nSPS) is 14.1. The van der Waals surface area contributed by atoms with Crippen molar-refractivity contribution in [3.63, 3.8) is 0 Å². The van der Waals surface area contributed by atoms with Gasteiger partial charge in [0.05, 0.1) is 6.20 Å². The first kappa shape index (κ1) is 14.7. The Bertz CT molecular complexity index is 595. The number of hydrogen-bond donors (Lipinski definition) is 1. The van der Waals surface area contributed by atoms with Gasteiger partial charge in [-0.25, -0.2) is 4.39 Å². The Morgan fingerprint density at radius 1 is 1.05 bits per heavy atom. The van der Waals surface area contributed by atoms with Gasteiger partial charge in [-0.05, 0) is 50.5 Å². The Kier molecular flexibility index (Phi) is 4.50. The molecule has 20 heavy (non-hydrogen) atoms. The summed E-state index contributed by atoms with van der Waals surface area (Å²) in [6.45, 7) is 8.36. The SMILES string of the molecule is Cc1ccc(C(C)NC(C)c2cncc(F)c2)c(C)c1. The third-order valence-corrected chi connectivity index (χ3v) is 3.62. The predicted octanol–water partition coefficient (Wildman–Crippen LogP) is 4.25. The summed E-state index contributed by atoms with van der Waals surface area (Å²) in [6, 6.07) is 8.23. The van der Waals surface area contributed by atoms with Crippen LogP contribution in [0.3, 0.4) is 0 Å². The lowest BCUT2D eigenvalue weighted by atomic mass is 9.99. The summed E-state index contributed by atoms with van der Waals surface area (Å²) in [5.41, 5.74) is 4.67. The molecule has 2 rings (SSSR count). The van der Waals surface area contributed by atoms with E-state index in [0.29, 0.717) is 0 Å². The van der Waals surface area contributed by atoms with E-state index in [1.54, 1.807) is 6.20 Å². The Morgan fingerprint density at radius 2 is 1.80 bits per heavy atom. The van der Waals surface area contributed by atoms with Crippen molar-refractivity contribution in [1.82, 2.24) is 10.3 Å². The summed E-state index contributed by atoms with van der Waals surface area (Å²) in [5.74, 6) is -0.296. The van der Waals surface area contributed by atoms with Crippen molar-refractivity contribution >= 4 is 0 Å². The highest BCUT2D eigenvalue weighted by molar-refractivity contribution is 5.32. The Morgan fingerprint density at radius 3 is 2.45 bits per heavy atom. The van der Waals surface area contributed by atoms with E-state index in [1.165, 1.54) is 29.0 Å². The molecule has 0 spiro atoms. The zero-order chi connectivity index (χ0) is 14.7. The number of pyridine rings is 1. The summed E-state index contributed by atoms with van der Waals surface area (Å²) < 4.78 is 13.2. The Labute approximate surface area is 120 Å². The van der Waals surface area contributed by atoms with Gasteiger partial charge in [-0.1, -0.05) is 23.8 Å². The molecule has 1 N–H and O–H groups in total. The molecule has 0 saturated heterocycles. The third-order valence-electron chi connectivity index (χ3n) is 3.62. The molecule has 3 heteroatoms. The molecule has 0 aliphatic rings. The van der Waals surface area contributed by atoms with Crippen LogP contribution in [0.15, 0.2) is 36.7 Å². The molecule has 1 heterocycles. The quantitative estimate of drug-likeness (QED) is 0.900. The fourth-order valence-electron chi connectivity index (χ4n) is 2.54. The molecular weight excluding hydrogens is 251 g/mol. The largest absolute Gasteiger partial charge is 0.304 e. The van der Waals surface area contributed by atoms with Gasteiger partial charge in [-0.3, -0.25) is 4.98 Å². The van der Waals surface area contributed by atoms with Crippen molar-refractivity contribution in [2.24, 2.45) is 0 Å². The molecular formula is C17H21FN2. The van der Waals surface area contributed by atoms with Crippen LogP contribution >= 0.6 is 0 Å². The van der Waals surface area contributed by atoms with E-state index in [-0.39, 0.29) is 17.9 Å². The second kappa shape index (κ2) is 6.14. The van der Waals surface area contributed by atoms with Crippen molar-refractivity contribution in [1.29, 1.82) is 0 Å². The monoisotopic (exact) mass is 272 g/mol. The number of halogens is 1. The van der Waals surface area contributed by atoms with Crippen LogP contribution in [0.4, 0.5) is 4.39 Å². The van der Waals surface area contributed by atoms with E-state index in [9.17, 15) is 4.39 Å². The molecule has 0 aliphatic carbocycles. The summed E-state index contributed by atoms with van der Waals surface area (Å²) in [6.07, 6.45) is 2.93. The van der Waals surface area contributed by atoms with Crippen LogP contribution in [0.5, 0.6) is 0 Å². The number of nitrogens with zero attached hydrogens (tertiary/aromatic N) is 1. The van der Waals surface area contributed by atoms with Gasteiger partial charge in [0.15, 0.2) is 0 Å². The van der Waals surface area contributed by atoms with Crippen LogP contribution < -0.4 is 5.32 Å². The van der Waals surface area contributed by atoms with Gasteiger partial charge in [-0.15, -0.1) is 0 Å². The molecule has 0 saturated carbocycles. The highest BCUT2D eigenvalue weighted by Crippen LogP contribution is 2.22. The molecule has 2 atom stereocenters. The van der Waals surface area contributed by atoms with E-state index in [4.69, 9.17) is 0 Å². The number of nitrogens with one attached hydrogen (secondary N) is 1. The summed E-state index contributed by atoms with van der Waals surface area (Å²) in [7, 11) is 0. The number of aromatic nitrogens is 1. The zero-order valence-electron chi connectivity index (χ0n) is 12.4. The highest BCUT2D eigenvalue weighted by Gasteiger charge is 2.13. The number of hydrogen-bond acceptors (Lipinski definition) is 2. The van der Waals surface area contributed by atoms with Crippen molar-refractivity contribution in [2.75, 3.05) is 0 Å². The van der Waals surface area contributed by atoms with Gasteiger partial charge in [0.25, 0.3) is 0 Å². The maximum atomic E-state index is 13.2. The topological polar surface area (TPSA) is 24.9 Å². The van der Waals surface area contributed by atoms with Crippen molar-refractivity contribution in [3.8, 4) is 0 Å². The van der Waals surface area contributed by atoms with E-state index in [2.05, 4.69) is 49.3 Å². The Hall–Kier alpha value is -1.74. The number of rotatable bonds is 4. The molecule has 0 radical (unpaired) electrons. The first-order valence-electron chi connectivity index (χ1n) is 6.91. The van der Waals surface area contributed by atoms with Crippen molar-refractivity contribution in [3.05, 3.63) is 64.7 Å². The summed E-state index contributed by atoms with van der Waals surface area (Å²) >= 11 is 0. The molecule has 0 amide bonds. The van der Waals surface area contributed by atoms with Crippen LogP contribution in [0.25, 0.3) is 0 Å². The van der Waals surface area contributed by atoms with Gasteiger partial charge < -0.3 is 5.32 Å². The zero-order valence-corrected chi connectivity index (χ0v) is 12.4. The van der Waals surface area contributed by atoms with Gasteiger partial charge in [0, 0.05) is 18.3 Å². The molecule has 0 fully saturated rings. The number of benzene rings is 1. The average Bonchev–Trinajstić information content (AvgIpc) is 2.38. The lowest BCUT2D eigenvalue weighted by Gasteiger charge is -2.22. The van der Waals surface area contributed by atoms with Gasteiger partial charge in [-0.2, -0.15) is 0 Å². The maximum Gasteiger partial charge on any atom is 0.141 e. The molecule has 2 nitrogen and oxygen atoms in total. The molecule has 0 bridgehead atoms. The van der Waals surface area contributed by atoms with Gasteiger partial charge >= 0.3 is 0 Å². The molecule has 2 aromatic rings. The van der Waals surface area contributed by atoms with Gasteiger partial charge in [0.1, 0.15) is 5.82 Å². The highest BCUT2D eigenvalue weighted by atomic mass is 19.1. The van der Waals surface area contributed by atoms with Crippen LogP contribution in [0.1, 0.15) is 48.2 Å².